The van der Waals surface area contributed by atoms with Crippen molar-refractivity contribution < 1.29 is 4.74 Å². The lowest BCUT2D eigenvalue weighted by molar-refractivity contribution is 0.120. The van der Waals surface area contributed by atoms with Crippen LogP contribution in [0.5, 0.6) is 0 Å². The minimum Gasteiger partial charge on any atom is -0.381 e. The lowest BCUT2D eigenvalue weighted by Crippen LogP contribution is -2.12. The molecule has 90 valence electrons. The summed E-state index contributed by atoms with van der Waals surface area (Å²) in [6, 6.07) is 0. The average Bonchev–Trinajstić information content (AvgIpc) is 2.26. The molecule has 0 aliphatic heterocycles. The van der Waals surface area contributed by atoms with Gasteiger partial charge in [0, 0.05) is 13.2 Å². The van der Waals surface area contributed by atoms with Gasteiger partial charge in [-0.2, -0.15) is 0 Å². The Balaban J connectivity index is 1.87. The van der Waals surface area contributed by atoms with Gasteiger partial charge in [-0.1, -0.05) is 46.0 Å². The molecular formula is C14H28O. The molecule has 0 aromatic carbocycles. The molecule has 15 heavy (non-hydrogen) atoms. The van der Waals surface area contributed by atoms with Crippen LogP contribution >= 0.6 is 0 Å². The van der Waals surface area contributed by atoms with E-state index in [0.717, 1.165) is 25.0 Å². The second-order valence-electron chi connectivity index (χ2n) is 5.23. The van der Waals surface area contributed by atoms with E-state index in [1.807, 2.05) is 0 Å². The van der Waals surface area contributed by atoms with E-state index in [-0.39, 0.29) is 0 Å². The second kappa shape index (κ2) is 8.15. The molecule has 0 heterocycles. The van der Waals surface area contributed by atoms with Crippen LogP contribution in [-0.2, 0) is 4.74 Å². The van der Waals surface area contributed by atoms with E-state index in [2.05, 4.69) is 13.8 Å². The molecule has 0 N–H and O–H groups in total. The smallest absolute Gasteiger partial charge is 0.0466 e. The van der Waals surface area contributed by atoms with Gasteiger partial charge >= 0.3 is 0 Å². The van der Waals surface area contributed by atoms with Crippen LogP contribution in [0.25, 0.3) is 0 Å². The molecular weight excluding hydrogens is 184 g/mol. The Hall–Kier alpha value is -0.0400. The normalized spacial score (nSPS) is 26.8. The molecule has 0 radical (unpaired) electrons. The standard InChI is InChI=1S/C14H28O/c1-3-4-11-15-12-5-6-14-9-7-13(2)8-10-14/h13-14H,3-12H2,1-2H3. The van der Waals surface area contributed by atoms with Gasteiger partial charge in [0.15, 0.2) is 0 Å². The number of ether oxygens (including phenoxy) is 1. The van der Waals surface area contributed by atoms with Crippen LogP contribution in [-0.4, -0.2) is 13.2 Å². The average molecular weight is 212 g/mol. The fourth-order valence-electron chi connectivity index (χ4n) is 2.44. The van der Waals surface area contributed by atoms with Gasteiger partial charge in [0.05, 0.1) is 0 Å². The summed E-state index contributed by atoms with van der Waals surface area (Å²) < 4.78 is 5.59. The van der Waals surface area contributed by atoms with Crippen LogP contribution in [0.15, 0.2) is 0 Å². The van der Waals surface area contributed by atoms with Crippen LogP contribution < -0.4 is 0 Å². The quantitative estimate of drug-likeness (QED) is 0.568. The van der Waals surface area contributed by atoms with Gasteiger partial charge in [0.2, 0.25) is 0 Å². The molecule has 1 heteroatoms. The highest BCUT2D eigenvalue weighted by Gasteiger charge is 2.17. The molecule has 0 atom stereocenters. The SMILES string of the molecule is CCCCOCCCC1CCC(C)CC1. The van der Waals surface area contributed by atoms with Crippen molar-refractivity contribution in [3.8, 4) is 0 Å². The van der Waals surface area contributed by atoms with E-state index in [0.29, 0.717) is 0 Å². The van der Waals surface area contributed by atoms with Crippen LogP contribution in [0, 0.1) is 11.8 Å². The van der Waals surface area contributed by atoms with E-state index in [1.165, 1.54) is 51.4 Å². The molecule has 0 saturated heterocycles. The van der Waals surface area contributed by atoms with Crippen molar-refractivity contribution in [2.75, 3.05) is 13.2 Å². The molecule has 1 nitrogen and oxygen atoms in total. The molecule has 0 spiro atoms. The molecule has 0 aromatic heterocycles. The summed E-state index contributed by atoms with van der Waals surface area (Å²) in [7, 11) is 0. The lowest BCUT2D eigenvalue weighted by atomic mass is 9.81. The number of unbranched alkanes of at least 4 members (excludes halogenated alkanes) is 1. The Bertz CT molecular complexity index is 136. The number of rotatable bonds is 7. The fraction of sp³-hybridized carbons (Fsp3) is 1.00. The van der Waals surface area contributed by atoms with Gasteiger partial charge in [0.25, 0.3) is 0 Å². The van der Waals surface area contributed by atoms with E-state index < -0.39 is 0 Å². The summed E-state index contributed by atoms with van der Waals surface area (Å²) in [6.45, 7) is 6.57. The highest BCUT2D eigenvalue weighted by Crippen LogP contribution is 2.30. The predicted octanol–water partition coefficient (Wildman–Crippen LogP) is 4.41. The summed E-state index contributed by atoms with van der Waals surface area (Å²) in [5.74, 6) is 2.00. The predicted molar refractivity (Wildman–Crippen MR) is 66.1 cm³/mol. The van der Waals surface area contributed by atoms with Crippen LogP contribution in [0.3, 0.4) is 0 Å². The first-order valence-corrected chi connectivity index (χ1v) is 6.90. The van der Waals surface area contributed by atoms with Crippen LogP contribution in [0.1, 0.15) is 65.2 Å². The first kappa shape index (κ1) is 13.0. The van der Waals surface area contributed by atoms with Crippen molar-refractivity contribution in [2.24, 2.45) is 11.8 Å². The van der Waals surface area contributed by atoms with Crippen molar-refractivity contribution in [3.05, 3.63) is 0 Å². The summed E-state index contributed by atoms with van der Waals surface area (Å²) in [5, 5.41) is 0. The Morgan fingerprint density at radius 1 is 1.00 bits per heavy atom. The molecule has 1 saturated carbocycles. The van der Waals surface area contributed by atoms with Gasteiger partial charge in [-0.3, -0.25) is 0 Å². The molecule has 1 fully saturated rings. The van der Waals surface area contributed by atoms with E-state index in [4.69, 9.17) is 4.74 Å². The third-order valence-corrected chi connectivity index (χ3v) is 3.68. The monoisotopic (exact) mass is 212 g/mol. The molecule has 1 aliphatic carbocycles. The molecule has 1 rings (SSSR count). The second-order valence-corrected chi connectivity index (χ2v) is 5.23. The lowest BCUT2D eigenvalue weighted by Gasteiger charge is -2.25. The van der Waals surface area contributed by atoms with E-state index >= 15 is 0 Å². The fourth-order valence-corrected chi connectivity index (χ4v) is 2.44. The molecule has 0 unspecified atom stereocenters. The van der Waals surface area contributed by atoms with Crippen molar-refractivity contribution in [2.45, 2.75) is 65.2 Å². The maximum Gasteiger partial charge on any atom is 0.0466 e. The summed E-state index contributed by atoms with van der Waals surface area (Å²) in [5.41, 5.74) is 0. The molecule has 1 aliphatic rings. The van der Waals surface area contributed by atoms with Crippen molar-refractivity contribution >= 4 is 0 Å². The third-order valence-electron chi connectivity index (χ3n) is 3.68. The van der Waals surface area contributed by atoms with Gasteiger partial charge in [-0.05, 0) is 31.1 Å². The minimum absolute atomic E-state index is 0.970. The Labute approximate surface area is 95.6 Å². The number of hydrogen-bond acceptors (Lipinski definition) is 1. The summed E-state index contributed by atoms with van der Waals surface area (Å²) >= 11 is 0. The highest BCUT2D eigenvalue weighted by molar-refractivity contribution is 4.69. The largest absolute Gasteiger partial charge is 0.381 e. The van der Waals surface area contributed by atoms with E-state index in [1.54, 1.807) is 0 Å². The zero-order valence-corrected chi connectivity index (χ0v) is 10.6. The topological polar surface area (TPSA) is 9.23 Å². The molecule has 0 bridgehead atoms. The van der Waals surface area contributed by atoms with Gasteiger partial charge in [-0.15, -0.1) is 0 Å². The van der Waals surface area contributed by atoms with Gasteiger partial charge in [0.1, 0.15) is 0 Å². The maximum absolute atomic E-state index is 5.59. The van der Waals surface area contributed by atoms with Gasteiger partial charge in [-0.25, -0.2) is 0 Å². The summed E-state index contributed by atoms with van der Waals surface area (Å²) in [6.07, 6.45) is 11.0. The minimum atomic E-state index is 0.970. The highest BCUT2D eigenvalue weighted by atomic mass is 16.5. The first-order valence-electron chi connectivity index (χ1n) is 6.90. The van der Waals surface area contributed by atoms with Crippen LogP contribution in [0.2, 0.25) is 0 Å². The van der Waals surface area contributed by atoms with Crippen molar-refractivity contribution in [3.63, 3.8) is 0 Å². The first-order chi connectivity index (χ1) is 7.33. The maximum atomic E-state index is 5.59. The Morgan fingerprint density at radius 3 is 2.33 bits per heavy atom. The van der Waals surface area contributed by atoms with Crippen LogP contribution in [0.4, 0.5) is 0 Å². The molecule has 0 aromatic rings. The zero-order valence-electron chi connectivity index (χ0n) is 10.6. The molecule has 0 amide bonds. The Morgan fingerprint density at radius 2 is 1.67 bits per heavy atom. The van der Waals surface area contributed by atoms with Crippen molar-refractivity contribution in [1.29, 1.82) is 0 Å². The number of hydrogen-bond donors (Lipinski definition) is 0. The van der Waals surface area contributed by atoms with E-state index in [9.17, 15) is 0 Å². The summed E-state index contributed by atoms with van der Waals surface area (Å²) in [4.78, 5) is 0. The van der Waals surface area contributed by atoms with Crippen molar-refractivity contribution in [1.82, 2.24) is 0 Å². The van der Waals surface area contributed by atoms with Gasteiger partial charge < -0.3 is 4.74 Å². The third kappa shape index (κ3) is 6.19. The zero-order chi connectivity index (χ0) is 10.9. The Kier molecular flexibility index (Phi) is 7.08.